The van der Waals surface area contributed by atoms with Gasteiger partial charge in [-0.3, -0.25) is 0 Å². The first-order chi connectivity index (χ1) is 9.16. The molecule has 0 aromatic heterocycles. The molecule has 0 heterocycles. The Balaban J connectivity index is 1.72. The zero-order valence-electron chi connectivity index (χ0n) is 11.6. The molecule has 106 valence electrons. The molecule has 1 unspecified atom stereocenters. The van der Waals surface area contributed by atoms with Crippen LogP contribution >= 0.6 is 15.9 Å². The van der Waals surface area contributed by atoms with Crippen LogP contribution in [0, 0.1) is 11.7 Å². The molecular weight excluding hydrogens is 305 g/mol. The second-order valence-corrected chi connectivity index (χ2v) is 6.55. The molecule has 19 heavy (non-hydrogen) atoms. The molecule has 2 rings (SSSR count). The molecule has 0 saturated heterocycles. The molecule has 1 aliphatic carbocycles. The maximum atomic E-state index is 13.8. The van der Waals surface area contributed by atoms with Gasteiger partial charge in [0.15, 0.2) is 0 Å². The standard InChI is InChI=1S/C16H23BrFN/c1-12(15-9-8-14(17)11-16(15)18)19-10-4-7-13-5-2-3-6-13/h8-9,11-13,19H,2-7,10H2,1H3. The third-order valence-corrected chi connectivity index (χ3v) is 4.64. The SMILES string of the molecule is CC(NCCCC1CCCC1)c1ccc(Br)cc1F. The number of rotatable bonds is 6. The fourth-order valence-corrected chi connectivity index (χ4v) is 3.30. The van der Waals surface area contributed by atoms with Crippen molar-refractivity contribution in [3.8, 4) is 0 Å². The average molecular weight is 328 g/mol. The van der Waals surface area contributed by atoms with Crippen LogP contribution in [0.15, 0.2) is 22.7 Å². The summed E-state index contributed by atoms with van der Waals surface area (Å²) in [7, 11) is 0. The first-order valence-electron chi connectivity index (χ1n) is 7.35. The smallest absolute Gasteiger partial charge is 0.129 e. The minimum absolute atomic E-state index is 0.0803. The highest BCUT2D eigenvalue weighted by atomic mass is 79.9. The lowest BCUT2D eigenvalue weighted by molar-refractivity contribution is 0.451. The molecule has 0 spiro atoms. The maximum absolute atomic E-state index is 13.8. The van der Waals surface area contributed by atoms with Crippen molar-refractivity contribution < 1.29 is 4.39 Å². The molecule has 1 aromatic carbocycles. The van der Waals surface area contributed by atoms with Gasteiger partial charge in [-0.2, -0.15) is 0 Å². The van der Waals surface area contributed by atoms with Crippen LogP contribution in [0.5, 0.6) is 0 Å². The number of hydrogen-bond acceptors (Lipinski definition) is 1. The summed E-state index contributed by atoms with van der Waals surface area (Å²) in [6, 6.07) is 5.37. The molecule has 1 atom stereocenters. The van der Waals surface area contributed by atoms with Crippen molar-refractivity contribution in [1.82, 2.24) is 5.32 Å². The van der Waals surface area contributed by atoms with Gasteiger partial charge < -0.3 is 5.32 Å². The van der Waals surface area contributed by atoms with Crippen LogP contribution in [0.4, 0.5) is 4.39 Å². The molecular formula is C16H23BrFN. The van der Waals surface area contributed by atoms with Gasteiger partial charge in [0, 0.05) is 16.1 Å². The van der Waals surface area contributed by atoms with Crippen molar-refractivity contribution in [3.05, 3.63) is 34.1 Å². The largest absolute Gasteiger partial charge is 0.310 e. The summed E-state index contributed by atoms with van der Waals surface area (Å²) in [6.07, 6.45) is 8.18. The molecule has 1 N–H and O–H groups in total. The summed E-state index contributed by atoms with van der Waals surface area (Å²) in [4.78, 5) is 0. The molecule has 3 heteroatoms. The van der Waals surface area contributed by atoms with Gasteiger partial charge in [-0.1, -0.05) is 47.7 Å². The lowest BCUT2D eigenvalue weighted by Crippen LogP contribution is -2.21. The van der Waals surface area contributed by atoms with Crippen LogP contribution in [-0.2, 0) is 0 Å². The molecule has 1 aromatic rings. The van der Waals surface area contributed by atoms with Crippen LogP contribution in [-0.4, -0.2) is 6.54 Å². The van der Waals surface area contributed by atoms with E-state index in [9.17, 15) is 4.39 Å². The topological polar surface area (TPSA) is 12.0 Å². The summed E-state index contributed by atoms with van der Waals surface area (Å²) < 4.78 is 14.6. The monoisotopic (exact) mass is 327 g/mol. The Morgan fingerprint density at radius 2 is 2.11 bits per heavy atom. The van der Waals surface area contributed by atoms with Crippen LogP contribution in [0.1, 0.15) is 57.1 Å². The minimum atomic E-state index is -0.134. The second kappa shape index (κ2) is 7.39. The predicted octanol–water partition coefficient (Wildman–Crippen LogP) is 5.21. The Morgan fingerprint density at radius 3 is 2.79 bits per heavy atom. The quantitative estimate of drug-likeness (QED) is 0.707. The van der Waals surface area contributed by atoms with Crippen LogP contribution < -0.4 is 5.32 Å². The average Bonchev–Trinajstić information content (AvgIpc) is 2.87. The van der Waals surface area contributed by atoms with E-state index in [0.29, 0.717) is 0 Å². The van der Waals surface area contributed by atoms with Crippen LogP contribution in [0.3, 0.4) is 0 Å². The fraction of sp³-hybridized carbons (Fsp3) is 0.625. The van der Waals surface area contributed by atoms with Gasteiger partial charge in [0.2, 0.25) is 0 Å². The van der Waals surface area contributed by atoms with E-state index in [1.807, 2.05) is 19.1 Å². The Morgan fingerprint density at radius 1 is 1.37 bits per heavy atom. The van der Waals surface area contributed by atoms with E-state index < -0.39 is 0 Å². The minimum Gasteiger partial charge on any atom is -0.310 e. The van der Waals surface area contributed by atoms with Crippen molar-refractivity contribution >= 4 is 15.9 Å². The Labute approximate surface area is 124 Å². The summed E-state index contributed by atoms with van der Waals surface area (Å²) in [5.74, 6) is 0.812. The van der Waals surface area contributed by atoms with Crippen molar-refractivity contribution in [2.24, 2.45) is 5.92 Å². The first kappa shape index (κ1) is 15.0. The highest BCUT2D eigenvalue weighted by molar-refractivity contribution is 9.10. The molecule has 0 aliphatic heterocycles. The molecule has 1 nitrogen and oxygen atoms in total. The fourth-order valence-electron chi connectivity index (χ4n) is 2.97. The molecule has 1 aliphatic rings. The van der Waals surface area contributed by atoms with Crippen molar-refractivity contribution in [1.29, 1.82) is 0 Å². The van der Waals surface area contributed by atoms with Gasteiger partial charge in [-0.05, 0) is 44.4 Å². The van der Waals surface area contributed by atoms with Gasteiger partial charge in [-0.25, -0.2) is 4.39 Å². The number of halogens is 2. The normalized spacial score (nSPS) is 17.8. The summed E-state index contributed by atoms with van der Waals surface area (Å²) in [6.45, 7) is 3.01. The lowest BCUT2D eigenvalue weighted by Gasteiger charge is -2.16. The second-order valence-electron chi connectivity index (χ2n) is 5.63. The zero-order valence-corrected chi connectivity index (χ0v) is 13.2. The number of nitrogens with one attached hydrogen (secondary N) is 1. The van der Waals surface area contributed by atoms with Crippen molar-refractivity contribution in [3.63, 3.8) is 0 Å². The first-order valence-corrected chi connectivity index (χ1v) is 8.14. The Hall–Kier alpha value is -0.410. The Bertz CT molecular complexity index is 402. The zero-order chi connectivity index (χ0) is 13.7. The molecule has 1 saturated carbocycles. The molecule has 0 radical (unpaired) electrons. The number of benzene rings is 1. The van der Waals surface area contributed by atoms with E-state index in [4.69, 9.17) is 0 Å². The molecule has 0 amide bonds. The van der Waals surface area contributed by atoms with Gasteiger partial charge in [0.1, 0.15) is 5.82 Å². The third-order valence-electron chi connectivity index (χ3n) is 4.14. The summed E-state index contributed by atoms with van der Waals surface area (Å²) >= 11 is 3.29. The predicted molar refractivity (Wildman–Crippen MR) is 81.7 cm³/mol. The summed E-state index contributed by atoms with van der Waals surface area (Å²) in [5.41, 5.74) is 0.754. The molecule has 1 fully saturated rings. The van der Waals surface area contributed by atoms with E-state index in [0.717, 1.165) is 22.5 Å². The van der Waals surface area contributed by atoms with Gasteiger partial charge >= 0.3 is 0 Å². The Kier molecular flexibility index (Phi) is 5.83. The summed E-state index contributed by atoms with van der Waals surface area (Å²) in [5, 5.41) is 3.43. The van der Waals surface area contributed by atoms with Gasteiger partial charge in [-0.15, -0.1) is 0 Å². The van der Waals surface area contributed by atoms with Crippen molar-refractivity contribution in [2.45, 2.75) is 51.5 Å². The number of hydrogen-bond donors (Lipinski definition) is 1. The van der Waals surface area contributed by atoms with E-state index in [2.05, 4.69) is 21.2 Å². The highest BCUT2D eigenvalue weighted by Crippen LogP contribution is 2.28. The van der Waals surface area contributed by atoms with E-state index in [1.165, 1.54) is 44.6 Å². The van der Waals surface area contributed by atoms with E-state index in [1.54, 1.807) is 0 Å². The van der Waals surface area contributed by atoms with E-state index >= 15 is 0 Å². The lowest BCUT2D eigenvalue weighted by atomic mass is 10.0. The third kappa shape index (κ3) is 4.57. The molecule has 0 bridgehead atoms. The van der Waals surface area contributed by atoms with Crippen molar-refractivity contribution in [2.75, 3.05) is 6.54 Å². The maximum Gasteiger partial charge on any atom is 0.129 e. The van der Waals surface area contributed by atoms with E-state index in [-0.39, 0.29) is 11.9 Å². The van der Waals surface area contributed by atoms with Gasteiger partial charge in [0.05, 0.1) is 0 Å². The van der Waals surface area contributed by atoms with Crippen LogP contribution in [0.25, 0.3) is 0 Å². The highest BCUT2D eigenvalue weighted by Gasteiger charge is 2.15. The van der Waals surface area contributed by atoms with Crippen LogP contribution in [0.2, 0.25) is 0 Å². The van der Waals surface area contributed by atoms with Gasteiger partial charge in [0.25, 0.3) is 0 Å².